The van der Waals surface area contributed by atoms with Crippen LogP contribution in [0.25, 0.3) is 0 Å². The van der Waals surface area contributed by atoms with Gasteiger partial charge in [0.25, 0.3) is 0 Å². The lowest BCUT2D eigenvalue weighted by Crippen LogP contribution is -2.33. The number of hydrogen-bond donors (Lipinski definition) is 2. The Kier molecular flexibility index (Phi) is 9.07. The molecule has 4 aromatic carbocycles. The van der Waals surface area contributed by atoms with E-state index in [1.807, 2.05) is 48.5 Å². The van der Waals surface area contributed by atoms with Gasteiger partial charge in [-0.25, -0.2) is 9.18 Å². The van der Waals surface area contributed by atoms with Crippen molar-refractivity contribution >= 4 is 23.1 Å². The van der Waals surface area contributed by atoms with Gasteiger partial charge >= 0.3 is 5.97 Å². The Hall–Kier alpha value is -4.65. The largest absolute Gasteiger partial charge is 0.492 e. The first-order valence-electron chi connectivity index (χ1n) is 12.3. The van der Waals surface area contributed by atoms with Gasteiger partial charge in [0.1, 0.15) is 24.2 Å². The molecule has 38 heavy (non-hydrogen) atoms. The van der Waals surface area contributed by atoms with Crippen LogP contribution >= 0.6 is 0 Å². The zero-order valence-electron chi connectivity index (χ0n) is 21.0. The van der Waals surface area contributed by atoms with E-state index in [-0.39, 0.29) is 11.6 Å². The van der Waals surface area contributed by atoms with Crippen LogP contribution in [-0.4, -0.2) is 38.1 Å². The number of methoxy groups -OCH3 is 1. The average Bonchev–Trinajstić information content (AvgIpc) is 2.96. The SMILES string of the molecule is COC(=O)[C@H](Cc1ccc(OCCNc2cccc(F)c2)cc1)Nc1ccccc1C(=O)c1ccccc1. The van der Waals surface area contributed by atoms with Crippen molar-refractivity contribution in [3.8, 4) is 5.75 Å². The fraction of sp³-hybridized carbons (Fsp3) is 0.161. The number of nitrogens with one attached hydrogen (secondary N) is 2. The predicted molar refractivity (Wildman–Crippen MR) is 146 cm³/mol. The lowest BCUT2D eigenvalue weighted by Gasteiger charge is -2.20. The predicted octanol–water partition coefficient (Wildman–Crippen LogP) is 5.74. The van der Waals surface area contributed by atoms with Gasteiger partial charge < -0.3 is 20.1 Å². The number of hydrogen-bond acceptors (Lipinski definition) is 6. The fourth-order valence-corrected chi connectivity index (χ4v) is 4.00. The summed E-state index contributed by atoms with van der Waals surface area (Å²) < 4.78 is 24.1. The first-order valence-corrected chi connectivity index (χ1v) is 12.3. The number of carbonyl (C=O) groups is 2. The topological polar surface area (TPSA) is 76.7 Å². The smallest absolute Gasteiger partial charge is 0.328 e. The van der Waals surface area contributed by atoms with Crippen LogP contribution in [0.2, 0.25) is 0 Å². The Morgan fingerprint density at radius 2 is 1.61 bits per heavy atom. The van der Waals surface area contributed by atoms with Crippen LogP contribution in [0.4, 0.5) is 15.8 Å². The minimum Gasteiger partial charge on any atom is -0.492 e. The number of halogens is 1. The van der Waals surface area contributed by atoms with E-state index in [9.17, 15) is 14.0 Å². The van der Waals surface area contributed by atoms with E-state index >= 15 is 0 Å². The van der Waals surface area contributed by atoms with Crippen LogP contribution in [0.3, 0.4) is 0 Å². The first kappa shape index (κ1) is 26.4. The summed E-state index contributed by atoms with van der Waals surface area (Å²) in [4.78, 5) is 25.7. The summed E-state index contributed by atoms with van der Waals surface area (Å²) in [5, 5.41) is 6.32. The van der Waals surface area contributed by atoms with Gasteiger partial charge in [0, 0.05) is 35.5 Å². The molecule has 0 saturated carbocycles. The number of ether oxygens (including phenoxy) is 2. The molecule has 0 spiro atoms. The molecule has 6 nitrogen and oxygen atoms in total. The highest BCUT2D eigenvalue weighted by Gasteiger charge is 2.22. The highest BCUT2D eigenvalue weighted by molar-refractivity contribution is 6.12. The van der Waals surface area contributed by atoms with Gasteiger partial charge in [-0.3, -0.25) is 4.79 Å². The highest BCUT2D eigenvalue weighted by Crippen LogP contribution is 2.22. The number of benzene rings is 4. The molecule has 0 aliphatic rings. The van der Waals surface area contributed by atoms with E-state index < -0.39 is 12.0 Å². The molecule has 0 aliphatic heterocycles. The maximum Gasteiger partial charge on any atom is 0.328 e. The highest BCUT2D eigenvalue weighted by atomic mass is 19.1. The van der Waals surface area contributed by atoms with Gasteiger partial charge in [-0.05, 0) is 48.0 Å². The summed E-state index contributed by atoms with van der Waals surface area (Å²) in [5.74, 6) is -0.185. The van der Waals surface area contributed by atoms with Crippen LogP contribution in [-0.2, 0) is 16.0 Å². The molecule has 4 rings (SSSR count). The molecule has 0 aliphatic carbocycles. The summed E-state index contributed by atoms with van der Waals surface area (Å²) in [5.41, 5.74) is 3.19. The van der Waals surface area contributed by atoms with Crippen LogP contribution in [0.5, 0.6) is 5.75 Å². The molecular weight excluding hydrogens is 483 g/mol. The van der Waals surface area contributed by atoms with Crippen LogP contribution in [0.15, 0.2) is 103 Å². The maximum absolute atomic E-state index is 13.3. The van der Waals surface area contributed by atoms with Crippen molar-refractivity contribution in [1.82, 2.24) is 0 Å². The zero-order valence-corrected chi connectivity index (χ0v) is 21.0. The zero-order chi connectivity index (χ0) is 26.7. The molecule has 1 atom stereocenters. The molecule has 0 amide bonds. The second kappa shape index (κ2) is 13.1. The molecule has 0 radical (unpaired) electrons. The normalized spacial score (nSPS) is 11.3. The Labute approximate surface area is 221 Å². The summed E-state index contributed by atoms with van der Waals surface area (Å²) in [6.45, 7) is 0.912. The summed E-state index contributed by atoms with van der Waals surface area (Å²) in [6, 6.07) is 29.1. The Morgan fingerprint density at radius 3 is 2.34 bits per heavy atom. The fourth-order valence-electron chi connectivity index (χ4n) is 4.00. The molecule has 0 aromatic heterocycles. The lowest BCUT2D eigenvalue weighted by atomic mass is 10.00. The molecule has 7 heteroatoms. The Morgan fingerprint density at radius 1 is 0.868 bits per heavy atom. The van der Waals surface area contributed by atoms with E-state index in [1.165, 1.54) is 19.2 Å². The Bertz CT molecular complexity index is 1360. The molecule has 0 fully saturated rings. The number of rotatable bonds is 12. The van der Waals surface area contributed by atoms with Crippen LogP contribution in [0.1, 0.15) is 21.5 Å². The molecule has 0 bridgehead atoms. The molecular formula is C31H29FN2O4. The van der Waals surface area contributed by atoms with Gasteiger partial charge in [0.2, 0.25) is 0 Å². The number of anilines is 2. The van der Waals surface area contributed by atoms with E-state index in [1.54, 1.807) is 42.5 Å². The van der Waals surface area contributed by atoms with Gasteiger partial charge in [-0.15, -0.1) is 0 Å². The number of para-hydroxylation sites is 1. The monoisotopic (exact) mass is 512 g/mol. The quantitative estimate of drug-likeness (QED) is 0.143. The van der Waals surface area contributed by atoms with E-state index in [2.05, 4.69) is 10.6 Å². The van der Waals surface area contributed by atoms with Gasteiger partial charge in [0.15, 0.2) is 5.78 Å². The second-order valence-corrected chi connectivity index (χ2v) is 8.59. The minimum absolute atomic E-state index is 0.134. The third-order valence-corrected chi connectivity index (χ3v) is 5.91. The van der Waals surface area contributed by atoms with Crippen molar-refractivity contribution in [2.45, 2.75) is 12.5 Å². The third kappa shape index (κ3) is 7.20. The minimum atomic E-state index is -0.702. The van der Waals surface area contributed by atoms with Crippen molar-refractivity contribution < 1.29 is 23.5 Å². The second-order valence-electron chi connectivity index (χ2n) is 8.59. The molecule has 2 N–H and O–H groups in total. The van der Waals surface area contributed by atoms with Crippen molar-refractivity contribution in [2.24, 2.45) is 0 Å². The van der Waals surface area contributed by atoms with Crippen LogP contribution < -0.4 is 15.4 Å². The van der Waals surface area contributed by atoms with Gasteiger partial charge in [-0.1, -0.05) is 60.7 Å². The molecule has 0 saturated heterocycles. The first-order chi connectivity index (χ1) is 18.5. The van der Waals surface area contributed by atoms with Crippen molar-refractivity contribution in [2.75, 3.05) is 30.9 Å². The molecule has 194 valence electrons. The number of carbonyl (C=O) groups excluding carboxylic acids is 2. The maximum atomic E-state index is 13.3. The van der Waals surface area contributed by atoms with E-state index in [0.717, 1.165) is 5.56 Å². The van der Waals surface area contributed by atoms with Crippen molar-refractivity contribution in [1.29, 1.82) is 0 Å². The van der Waals surface area contributed by atoms with Crippen molar-refractivity contribution in [3.05, 3.63) is 126 Å². The molecule has 4 aromatic rings. The average molecular weight is 513 g/mol. The van der Waals surface area contributed by atoms with E-state index in [0.29, 0.717) is 47.8 Å². The summed E-state index contributed by atoms with van der Waals surface area (Å²) in [7, 11) is 1.34. The standard InChI is InChI=1S/C31H29FN2O4/c1-37-31(36)29(34-28-13-6-5-12-27(28)30(35)23-8-3-2-4-9-23)20-22-14-16-26(17-15-22)38-19-18-33-25-11-7-10-24(32)21-25/h2-17,21,29,33-34H,18-20H2,1H3/t29-/m0/s1. The Balaban J connectivity index is 1.38. The van der Waals surface area contributed by atoms with Gasteiger partial charge in [-0.2, -0.15) is 0 Å². The lowest BCUT2D eigenvalue weighted by molar-refractivity contribution is -0.141. The van der Waals surface area contributed by atoms with Gasteiger partial charge in [0.05, 0.1) is 7.11 Å². The van der Waals surface area contributed by atoms with E-state index in [4.69, 9.17) is 9.47 Å². The number of esters is 1. The molecule has 0 heterocycles. The third-order valence-electron chi connectivity index (χ3n) is 5.91. The van der Waals surface area contributed by atoms with Crippen LogP contribution in [0, 0.1) is 5.82 Å². The molecule has 0 unspecified atom stereocenters. The summed E-state index contributed by atoms with van der Waals surface area (Å²) >= 11 is 0. The number of ketones is 1. The summed E-state index contributed by atoms with van der Waals surface area (Å²) in [6.07, 6.45) is 0.349. The van der Waals surface area contributed by atoms with Crippen molar-refractivity contribution in [3.63, 3.8) is 0 Å².